The van der Waals surface area contributed by atoms with Crippen LogP contribution in [0.2, 0.25) is 5.02 Å². The number of nitrogens with one attached hydrogen (secondary N) is 2. The molecule has 38 heavy (non-hydrogen) atoms. The standard InChI is InChI=1S/C23H29ClN3O9PS/c1-5-18(29)19(35-21(12-28)27-11-10-20(30)25-23(27)32)13-33-37(38,26-15(4)22(31)34-14(2)3)36-17-8-6-16(24)7-9-17/h1,6-11,14-15,18-19,21,28-29H,12-13H2,2-4H3,(H,26,38)(H,25,30,32)/t15-,18-,19+,21+,37?/m0/s1. The van der Waals surface area contributed by atoms with Gasteiger partial charge in [-0.15, -0.1) is 6.42 Å². The van der Waals surface area contributed by atoms with Gasteiger partial charge in [0.15, 0.2) is 6.23 Å². The Balaban J connectivity index is 2.30. The van der Waals surface area contributed by atoms with Crippen molar-refractivity contribution in [3.8, 4) is 18.1 Å². The molecule has 4 N–H and O–H groups in total. The average molecular weight is 590 g/mol. The summed E-state index contributed by atoms with van der Waals surface area (Å²) >= 11 is 11.6. The zero-order valence-electron chi connectivity index (χ0n) is 20.8. The number of esters is 1. The van der Waals surface area contributed by atoms with Crippen LogP contribution in [0, 0.1) is 12.3 Å². The highest BCUT2D eigenvalue weighted by molar-refractivity contribution is 8.09. The number of aromatic nitrogens is 2. The summed E-state index contributed by atoms with van der Waals surface area (Å²) in [6, 6.07) is 6.32. The first-order chi connectivity index (χ1) is 17.9. The second-order valence-corrected chi connectivity index (χ2v) is 11.7. The van der Waals surface area contributed by atoms with Gasteiger partial charge in [-0.05, 0) is 56.8 Å². The van der Waals surface area contributed by atoms with Gasteiger partial charge in [-0.2, -0.15) is 0 Å². The van der Waals surface area contributed by atoms with Crippen LogP contribution in [0.15, 0.2) is 46.1 Å². The topological polar surface area (TPSA) is 161 Å². The minimum Gasteiger partial charge on any atom is -0.462 e. The van der Waals surface area contributed by atoms with Crippen LogP contribution >= 0.6 is 18.2 Å². The number of aliphatic hydroxyl groups excluding tert-OH is 2. The van der Waals surface area contributed by atoms with Crippen LogP contribution in [0.5, 0.6) is 5.75 Å². The van der Waals surface area contributed by atoms with Gasteiger partial charge in [0, 0.05) is 17.3 Å². The fourth-order valence-electron chi connectivity index (χ4n) is 2.88. The van der Waals surface area contributed by atoms with Crippen molar-refractivity contribution < 1.29 is 33.5 Å². The van der Waals surface area contributed by atoms with E-state index in [9.17, 15) is 24.6 Å². The molecule has 1 aromatic carbocycles. The van der Waals surface area contributed by atoms with E-state index in [1.807, 2.05) is 4.98 Å². The maximum absolute atomic E-state index is 12.4. The Morgan fingerprint density at radius 1 is 1.26 bits per heavy atom. The van der Waals surface area contributed by atoms with E-state index in [2.05, 4.69) is 11.0 Å². The van der Waals surface area contributed by atoms with E-state index in [4.69, 9.17) is 48.4 Å². The molecular formula is C23H29ClN3O9PS. The van der Waals surface area contributed by atoms with Crippen LogP contribution in [-0.4, -0.2) is 63.3 Å². The predicted molar refractivity (Wildman–Crippen MR) is 143 cm³/mol. The Hall–Kier alpha value is -2.53. The van der Waals surface area contributed by atoms with Crippen LogP contribution in [0.4, 0.5) is 0 Å². The third kappa shape index (κ3) is 9.65. The van der Waals surface area contributed by atoms with Crippen molar-refractivity contribution in [1.29, 1.82) is 0 Å². The second-order valence-electron chi connectivity index (χ2n) is 8.12. The number of hydrogen-bond acceptors (Lipinski definition) is 10. The number of aromatic amines is 1. The van der Waals surface area contributed by atoms with Crippen molar-refractivity contribution >= 4 is 36.0 Å². The van der Waals surface area contributed by atoms with Gasteiger partial charge >= 0.3 is 18.3 Å². The highest BCUT2D eigenvalue weighted by atomic mass is 35.5. The highest BCUT2D eigenvalue weighted by Gasteiger charge is 2.32. The predicted octanol–water partition coefficient (Wildman–Crippen LogP) is 1.31. The van der Waals surface area contributed by atoms with E-state index in [0.29, 0.717) is 5.02 Å². The first kappa shape index (κ1) is 31.7. The molecule has 5 atom stereocenters. The molecule has 0 spiro atoms. The van der Waals surface area contributed by atoms with E-state index < -0.39 is 61.6 Å². The fourth-order valence-corrected chi connectivity index (χ4v) is 5.43. The molecule has 0 saturated heterocycles. The molecule has 0 saturated carbocycles. The van der Waals surface area contributed by atoms with Crippen LogP contribution in [0.1, 0.15) is 27.0 Å². The van der Waals surface area contributed by atoms with E-state index in [1.165, 1.54) is 6.92 Å². The molecule has 2 rings (SSSR count). The molecular weight excluding hydrogens is 561 g/mol. The van der Waals surface area contributed by atoms with Gasteiger partial charge in [-0.1, -0.05) is 17.5 Å². The summed E-state index contributed by atoms with van der Waals surface area (Å²) < 4.78 is 23.5. The van der Waals surface area contributed by atoms with Crippen LogP contribution in [0.3, 0.4) is 0 Å². The third-order valence-electron chi connectivity index (χ3n) is 4.68. The summed E-state index contributed by atoms with van der Waals surface area (Å²) in [6.45, 7) is 0.138. The largest absolute Gasteiger partial charge is 0.462 e. The zero-order chi connectivity index (χ0) is 28.5. The molecule has 0 aliphatic carbocycles. The lowest BCUT2D eigenvalue weighted by atomic mass is 10.2. The lowest BCUT2D eigenvalue weighted by Gasteiger charge is -2.30. The van der Waals surface area contributed by atoms with Crippen molar-refractivity contribution in [3.63, 3.8) is 0 Å². The summed E-state index contributed by atoms with van der Waals surface area (Å²) in [5.41, 5.74) is -1.51. The normalized spacial score (nSPS) is 16.1. The van der Waals surface area contributed by atoms with E-state index >= 15 is 0 Å². The number of nitrogens with zero attached hydrogens (tertiary/aromatic N) is 1. The first-order valence-electron chi connectivity index (χ1n) is 11.3. The number of aliphatic hydroxyl groups is 2. The van der Waals surface area contributed by atoms with E-state index in [1.54, 1.807) is 38.1 Å². The summed E-state index contributed by atoms with van der Waals surface area (Å²) in [4.78, 5) is 38.0. The lowest BCUT2D eigenvalue weighted by Crippen LogP contribution is -2.41. The van der Waals surface area contributed by atoms with Crippen molar-refractivity contribution in [3.05, 3.63) is 62.4 Å². The van der Waals surface area contributed by atoms with E-state index in [-0.39, 0.29) is 11.9 Å². The van der Waals surface area contributed by atoms with E-state index in [0.717, 1.165) is 16.8 Å². The molecule has 1 aromatic heterocycles. The number of hydrogen-bond donors (Lipinski definition) is 4. The van der Waals surface area contributed by atoms with Crippen molar-refractivity contribution in [2.75, 3.05) is 13.2 Å². The number of carbonyl (C=O) groups excluding carboxylic acids is 1. The average Bonchev–Trinajstić information content (AvgIpc) is 2.85. The van der Waals surface area contributed by atoms with Gasteiger partial charge in [0.2, 0.25) is 0 Å². The number of terminal acetylenes is 1. The van der Waals surface area contributed by atoms with Gasteiger partial charge in [-0.25, -0.2) is 9.88 Å². The number of rotatable bonds is 14. The molecule has 0 aliphatic rings. The Bertz CT molecular complexity index is 1280. The summed E-state index contributed by atoms with van der Waals surface area (Å²) in [5, 5.41) is 23.5. The van der Waals surface area contributed by atoms with Gasteiger partial charge in [0.05, 0.1) is 19.3 Å². The maximum atomic E-state index is 12.4. The first-order valence-corrected chi connectivity index (χ1v) is 14.3. The van der Waals surface area contributed by atoms with Crippen molar-refractivity contribution in [2.24, 2.45) is 0 Å². The summed E-state index contributed by atoms with van der Waals surface area (Å²) in [7, 11) is 0. The number of carbonyl (C=O) groups is 1. The summed E-state index contributed by atoms with van der Waals surface area (Å²) in [5.74, 6) is 1.77. The smallest absolute Gasteiger partial charge is 0.330 e. The molecule has 12 nitrogen and oxygen atoms in total. The molecule has 0 amide bonds. The number of halogens is 1. The molecule has 208 valence electrons. The quantitative estimate of drug-likeness (QED) is 0.143. The van der Waals surface area contributed by atoms with Crippen LogP contribution in [-0.2, 0) is 30.6 Å². The third-order valence-corrected chi connectivity index (χ3v) is 7.43. The molecule has 0 fully saturated rings. The molecule has 1 heterocycles. The fraction of sp³-hybridized carbons (Fsp3) is 0.435. The Morgan fingerprint density at radius 2 is 1.92 bits per heavy atom. The van der Waals surface area contributed by atoms with Gasteiger partial charge < -0.3 is 28.7 Å². The monoisotopic (exact) mass is 589 g/mol. The van der Waals surface area contributed by atoms with Crippen LogP contribution < -0.4 is 20.9 Å². The highest BCUT2D eigenvalue weighted by Crippen LogP contribution is 2.46. The molecule has 1 unspecified atom stereocenters. The second kappa shape index (κ2) is 14.6. The Morgan fingerprint density at radius 3 is 2.47 bits per heavy atom. The molecule has 0 aliphatic heterocycles. The Kier molecular flexibility index (Phi) is 12.2. The molecule has 15 heteroatoms. The molecule has 0 radical (unpaired) electrons. The minimum atomic E-state index is -3.55. The Labute approximate surface area is 229 Å². The van der Waals surface area contributed by atoms with Crippen LogP contribution in [0.25, 0.3) is 0 Å². The van der Waals surface area contributed by atoms with Crippen molar-refractivity contribution in [2.45, 2.75) is 51.4 Å². The SMILES string of the molecule is C#C[C@H](O)[C@@H](COP(=S)(N[C@@H](C)C(=O)OC(C)C)Oc1ccc(Cl)cc1)O[C@H](CO)n1ccc(=O)[nH]c1=O. The van der Waals surface area contributed by atoms with Gasteiger partial charge in [-0.3, -0.25) is 19.1 Å². The number of benzene rings is 1. The lowest BCUT2D eigenvalue weighted by molar-refractivity contribution is -0.149. The number of H-pyrrole nitrogens is 1. The zero-order valence-corrected chi connectivity index (χ0v) is 23.2. The summed E-state index contributed by atoms with van der Waals surface area (Å²) in [6.07, 6.45) is 1.86. The van der Waals surface area contributed by atoms with Crippen molar-refractivity contribution in [1.82, 2.24) is 14.6 Å². The molecule has 0 bridgehead atoms. The van der Waals surface area contributed by atoms with Gasteiger partial charge in [0.25, 0.3) is 5.56 Å². The maximum Gasteiger partial charge on any atom is 0.330 e. The number of ether oxygens (including phenoxy) is 2. The minimum absolute atomic E-state index is 0.276. The van der Waals surface area contributed by atoms with Gasteiger partial charge in [0.1, 0.15) is 24.0 Å². The molecule has 2 aromatic rings.